The summed E-state index contributed by atoms with van der Waals surface area (Å²) in [5.41, 5.74) is 0. The molecule has 0 rings (SSSR count). The molecule has 0 saturated heterocycles. The van der Waals surface area contributed by atoms with Gasteiger partial charge in [-0.2, -0.15) is 0 Å². The Bertz CT molecular complexity index is 301. The van der Waals surface area contributed by atoms with E-state index in [9.17, 15) is 5.11 Å². The average molecular weight is 442 g/mol. The minimum absolute atomic E-state index is 0.0932. The number of rotatable bonds is 12. The molecule has 0 bridgehead atoms. The number of halogens is 2. The molecule has 0 aromatic carbocycles. The van der Waals surface area contributed by atoms with E-state index >= 15 is 0 Å². The van der Waals surface area contributed by atoms with Crippen LogP contribution in [0.15, 0.2) is 20.2 Å². The summed E-state index contributed by atoms with van der Waals surface area (Å²) in [5, 5.41) is 9.43. The quantitative estimate of drug-likeness (QED) is 0.267. The average Bonchev–Trinajstić information content (AvgIpc) is 2.46. The van der Waals surface area contributed by atoms with E-state index in [0.717, 1.165) is 0 Å². The molecule has 0 saturated carbocycles. The maximum atomic E-state index is 9.43. The fourth-order valence-electron chi connectivity index (χ4n) is 3.00. The van der Waals surface area contributed by atoms with Crippen LogP contribution in [0.4, 0.5) is 0 Å². The van der Waals surface area contributed by atoms with E-state index in [2.05, 4.69) is 20.8 Å². The van der Waals surface area contributed by atoms with Gasteiger partial charge in [0, 0.05) is 0 Å². The summed E-state index contributed by atoms with van der Waals surface area (Å²) in [6.45, 7) is 6.87. The van der Waals surface area contributed by atoms with Crippen LogP contribution in [0.1, 0.15) is 59.3 Å². The molecule has 0 atom stereocenters. The van der Waals surface area contributed by atoms with Gasteiger partial charge in [-0.1, -0.05) is 0 Å². The molecule has 0 radical (unpaired) electrons. The fourth-order valence-corrected chi connectivity index (χ4v) is 20.0. The van der Waals surface area contributed by atoms with Crippen molar-refractivity contribution in [3.63, 3.8) is 0 Å². The fraction of sp³-hybridized carbons (Fsp3) is 0.765. The second-order valence-corrected chi connectivity index (χ2v) is 20.1. The summed E-state index contributed by atoms with van der Waals surface area (Å²) in [6.07, 6.45) is 11.5. The molecule has 0 spiro atoms. The van der Waals surface area contributed by atoms with Gasteiger partial charge in [0.25, 0.3) is 0 Å². The van der Waals surface area contributed by atoms with Gasteiger partial charge in [0.05, 0.1) is 0 Å². The standard InChI is InChI=1S/C5H5Cl2O.3C4H9.Sn/c6-5(7)3-1-2-4-8;3*1-3-4-2;/h2-3,8H,4H2;3*1,3-4H2,2H3;. The predicted molar refractivity (Wildman–Crippen MR) is 99.9 cm³/mol. The van der Waals surface area contributed by atoms with Crippen LogP contribution in [0.5, 0.6) is 0 Å². The molecule has 1 N–H and O–H groups in total. The molecule has 0 heterocycles. The Morgan fingerprint density at radius 1 is 0.905 bits per heavy atom. The van der Waals surface area contributed by atoms with Gasteiger partial charge in [-0.3, -0.25) is 0 Å². The molecule has 1 nitrogen and oxygen atoms in total. The van der Waals surface area contributed by atoms with Crippen molar-refractivity contribution in [1.82, 2.24) is 0 Å². The normalized spacial score (nSPS) is 12.6. The summed E-state index contributed by atoms with van der Waals surface area (Å²) in [4.78, 5) is 0. The van der Waals surface area contributed by atoms with Gasteiger partial charge in [-0.15, -0.1) is 0 Å². The van der Waals surface area contributed by atoms with E-state index in [1.54, 1.807) is 0 Å². The Balaban J connectivity index is 5.51. The van der Waals surface area contributed by atoms with Crippen molar-refractivity contribution in [1.29, 1.82) is 0 Å². The molecule has 0 aliphatic carbocycles. The van der Waals surface area contributed by atoms with Crippen molar-refractivity contribution in [3.05, 3.63) is 20.2 Å². The Labute approximate surface area is 145 Å². The molecular weight excluding hydrogens is 410 g/mol. The van der Waals surface area contributed by atoms with Gasteiger partial charge >= 0.3 is 146 Å². The SMILES string of the molecule is CCC[CH2][Sn]([CH2]CCC)([CH2]CCC)/[C](C=C(Cl)Cl)=C/CO. The summed E-state index contributed by atoms with van der Waals surface area (Å²) in [5.74, 6) is 0. The Morgan fingerprint density at radius 3 is 1.62 bits per heavy atom. The number of hydrogen-bond acceptors (Lipinski definition) is 1. The number of hydrogen-bond donors (Lipinski definition) is 1. The van der Waals surface area contributed by atoms with Crippen LogP contribution >= 0.6 is 23.2 Å². The molecule has 0 aromatic rings. The number of aliphatic hydroxyl groups excluding tert-OH is 1. The van der Waals surface area contributed by atoms with Gasteiger partial charge in [0.15, 0.2) is 0 Å². The van der Waals surface area contributed by atoms with E-state index in [4.69, 9.17) is 23.2 Å². The Kier molecular flexibility index (Phi) is 13.8. The van der Waals surface area contributed by atoms with Gasteiger partial charge in [-0.25, -0.2) is 0 Å². The molecule has 0 aliphatic rings. The minimum atomic E-state index is -2.50. The zero-order valence-corrected chi connectivity index (χ0v) is 18.3. The zero-order chi connectivity index (χ0) is 16.1. The Morgan fingerprint density at radius 2 is 1.33 bits per heavy atom. The second kappa shape index (κ2) is 13.3. The van der Waals surface area contributed by atoms with E-state index in [-0.39, 0.29) is 6.61 Å². The summed E-state index contributed by atoms with van der Waals surface area (Å²) in [6, 6.07) is 0. The first-order valence-corrected chi connectivity index (χ1v) is 16.6. The summed E-state index contributed by atoms with van der Waals surface area (Å²) in [7, 11) is 0. The second-order valence-electron chi connectivity index (χ2n) is 5.87. The van der Waals surface area contributed by atoms with Crippen LogP contribution in [0, 0.1) is 0 Å². The molecule has 0 fully saturated rings. The number of allylic oxidation sites excluding steroid dienone is 2. The molecule has 0 aromatic heterocycles. The van der Waals surface area contributed by atoms with E-state index < -0.39 is 18.4 Å². The Hall–Kier alpha value is 0.819. The molecule has 0 aliphatic heterocycles. The van der Waals surface area contributed by atoms with Crippen molar-refractivity contribution < 1.29 is 5.11 Å². The predicted octanol–water partition coefficient (Wildman–Crippen LogP) is 6.61. The third kappa shape index (κ3) is 8.88. The molecule has 124 valence electrons. The van der Waals surface area contributed by atoms with Gasteiger partial charge in [-0.05, 0) is 0 Å². The van der Waals surface area contributed by atoms with Gasteiger partial charge < -0.3 is 0 Å². The van der Waals surface area contributed by atoms with Crippen molar-refractivity contribution in [2.24, 2.45) is 0 Å². The van der Waals surface area contributed by atoms with Crippen molar-refractivity contribution in [3.8, 4) is 0 Å². The molecular formula is C17H32Cl2OSn. The van der Waals surface area contributed by atoms with Crippen molar-refractivity contribution in [2.45, 2.75) is 72.6 Å². The first-order valence-electron chi connectivity index (χ1n) is 8.40. The number of unbranched alkanes of at least 4 members (excludes halogenated alkanes) is 3. The topological polar surface area (TPSA) is 20.2 Å². The van der Waals surface area contributed by atoms with E-state index in [0.29, 0.717) is 4.49 Å². The maximum absolute atomic E-state index is 9.43. The van der Waals surface area contributed by atoms with Crippen molar-refractivity contribution in [2.75, 3.05) is 6.61 Å². The van der Waals surface area contributed by atoms with Crippen LogP contribution in [0.2, 0.25) is 13.3 Å². The van der Waals surface area contributed by atoms with Crippen molar-refractivity contribution >= 4 is 41.6 Å². The van der Waals surface area contributed by atoms with Crippen LogP contribution in [0.25, 0.3) is 0 Å². The van der Waals surface area contributed by atoms with Crippen LogP contribution < -0.4 is 0 Å². The molecule has 0 unspecified atom stereocenters. The molecule has 21 heavy (non-hydrogen) atoms. The van der Waals surface area contributed by atoms with Crippen LogP contribution in [-0.4, -0.2) is 30.1 Å². The van der Waals surface area contributed by atoms with Crippen LogP contribution in [-0.2, 0) is 0 Å². The van der Waals surface area contributed by atoms with Gasteiger partial charge in [0.1, 0.15) is 0 Å². The summed E-state index contributed by atoms with van der Waals surface area (Å²) < 4.78 is 5.74. The molecule has 4 heteroatoms. The zero-order valence-electron chi connectivity index (χ0n) is 13.9. The molecule has 0 amide bonds. The van der Waals surface area contributed by atoms with E-state index in [1.165, 1.54) is 55.4 Å². The van der Waals surface area contributed by atoms with Crippen LogP contribution in [0.3, 0.4) is 0 Å². The van der Waals surface area contributed by atoms with E-state index in [1.807, 2.05) is 12.2 Å². The van der Waals surface area contributed by atoms with Gasteiger partial charge in [0.2, 0.25) is 0 Å². The first-order chi connectivity index (χ1) is 10.1. The third-order valence-electron chi connectivity index (χ3n) is 4.21. The number of aliphatic hydroxyl groups is 1. The first kappa shape index (κ1) is 21.8. The monoisotopic (exact) mass is 442 g/mol. The summed E-state index contributed by atoms with van der Waals surface area (Å²) >= 11 is 9.41. The third-order valence-corrected chi connectivity index (χ3v) is 20.1.